The molecule has 1 aliphatic heterocycles. The highest BCUT2D eigenvalue weighted by Gasteiger charge is 2.27. The normalized spacial score (nSPS) is 15.2. The van der Waals surface area contributed by atoms with Gasteiger partial charge in [0.05, 0.1) is 24.7 Å². The van der Waals surface area contributed by atoms with Gasteiger partial charge in [0.2, 0.25) is 0 Å². The first-order chi connectivity index (χ1) is 12.8. The summed E-state index contributed by atoms with van der Waals surface area (Å²) in [6.07, 6.45) is -1.45. The van der Waals surface area contributed by atoms with E-state index < -0.39 is 28.2 Å². The molecule has 1 N–H and O–H groups in total. The number of hydrogen-bond acceptors (Lipinski definition) is 8. The first-order valence-electron chi connectivity index (χ1n) is 7.76. The fraction of sp³-hybridized carbons (Fsp3) is 0.400. The van der Waals surface area contributed by atoms with Crippen molar-refractivity contribution in [1.82, 2.24) is 14.8 Å². The Hall–Kier alpha value is -2.62. The van der Waals surface area contributed by atoms with Gasteiger partial charge < -0.3 is 14.8 Å². The standard InChI is InChI=1S/C15H15F2N5O4S/c1-27(23,24)9-2-3-11(19-7-9)22-15(20-8-12-25-4-5-26-12)10(6-18)13(21-22)14(16)17/h2-3,7,12,14,20H,4-5,8H2,1H3. The van der Waals surface area contributed by atoms with Crippen LogP contribution in [-0.2, 0) is 19.3 Å². The molecule has 0 aliphatic carbocycles. The predicted molar refractivity (Wildman–Crippen MR) is 88.3 cm³/mol. The topological polar surface area (TPSA) is 119 Å². The summed E-state index contributed by atoms with van der Waals surface area (Å²) in [6.45, 7) is 0.922. The SMILES string of the molecule is CS(=O)(=O)c1ccc(-n2nc(C(F)F)c(C#N)c2NCC2OCCO2)nc1. The molecule has 3 heterocycles. The Kier molecular flexibility index (Phi) is 5.36. The highest BCUT2D eigenvalue weighted by Crippen LogP contribution is 2.29. The molecule has 1 aliphatic rings. The third-order valence-corrected chi connectivity index (χ3v) is 4.82. The Morgan fingerprint density at radius 3 is 2.63 bits per heavy atom. The Morgan fingerprint density at radius 1 is 1.41 bits per heavy atom. The van der Waals surface area contributed by atoms with Crippen LogP contribution in [0.3, 0.4) is 0 Å². The highest BCUT2D eigenvalue weighted by molar-refractivity contribution is 7.90. The molecular weight excluding hydrogens is 384 g/mol. The molecule has 1 fully saturated rings. The molecule has 0 saturated carbocycles. The van der Waals surface area contributed by atoms with Gasteiger partial charge in [0.1, 0.15) is 23.1 Å². The lowest BCUT2D eigenvalue weighted by Gasteiger charge is -2.13. The van der Waals surface area contributed by atoms with Gasteiger partial charge in [-0.1, -0.05) is 0 Å². The molecule has 144 valence electrons. The summed E-state index contributed by atoms with van der Waals surface area (Å²) in [4.78, 5) is 3.94. The Balaban J connectivity index is 2.00. The van der Waals surface area contributed by atoms with Crippen LogP contribution in [0.2, 0.25) is 0 Å². The van der Waals surface area contributed by atoms with Crippen LogP contribution in [0.15, 0.2) is 23.2 Å². The van der Waals surface area contributed by atoms with Crippen LogP contribution in [0.1, 0.15) is 17.7 Å². The van der Waals surface area contributed by atoms with E-state index in [2.05, 4.69) is 15.4 Å². The van der Waals surface area contributed by atoms with Gasteiger partial charge in [0.15, 0.2) is 21.9 Å². The van der Waals surface area contributed by atoms with Crippen LogP contribution in [0, 0.1) is 11.3 Å². The van der Waals surface area contributed by atoms with Gasteiger partial charge in [-0.15, -0.1) is 0 Å². The van der Waals surface area contributed by atoms with Crippen LogP contribution in [0.5, 0.6) is 0 Å². The van der Waals surface area contributed by atoms with E-state index in [1.54, 1.807) is 6.07 Å². The molecule has 0 atom stereocenters. The number of nitrogens with one attached hydrogen (secondary N) is 1. The molecule has 27 heavy (non-hydrogen) atoms. The number of sulfone groups is 1. The van der Waals surface area contributed by atoms with Crippen LogP contribution in [0.4, 0.5) is 14.6 Å². The third-order valence-electron chi connectivity index (χ3n) is 3.72. The van der Waals surface area contributed by atoms with Gasteiger partial charge in [-0.2, -0.15) is 15.0 Å². The molecule has 1 saturated heterocycles. The van der Waals surface area contributed by atoms with Crippen LogP contribution < -0.4 is 5.32 Å². The van der Waals surface area contributed by atoms with Gasteiger partial charge in [0, 0.05) is 12.5 Å². The molecule has 0 aromatic carbocycles. The first kappa shape index (κ1) is 19.2. The molecular formula is C15H15F2N5O4S. The maximum absolute atomic E-state index is 13.3. The Morgan fingerprint density at radius 2 is 2.11 bits per heavy atom. The molecule has 9 nitrogen and oxygen atoms in total. The second kappa shape index (κ2) is 7.55. The van der Waals surface area contributed by atoms with Gasteiger partial charge in [-0.05, 0) is 12.1 Å². The summed E-state index contributed by atoms with van der Waals surface area (Å²) >= 11 is 0. The predicted octanol–water partition coefficient (Wildman–Crippen LogP) is 1.26. The highest BCUT2D eigenvalue weighted by atomic mass is 32.2. The van der Waals surface area contributed by atoms with Crippen molar-refractivity contribution < 1.29 is 26.7 Å². The smallest absolute Gasteiger partial charge is 0.283 e. The lowest BCUT2D eigenvalue weighted by Crippen LogP contribution is -2.22. The molecule has 0 radical (unpaired) electrons. The van der Waals surface area contributed by atoms with E-state index in [9.17, 15) is 22.5 Å². The number of rotatable bonds is 6. The van der Waals surface area contributed by atoms with Crippen molar-refractivity contribution in [3.8, 4) is 11.9 Å². The van der Waals surface area contributed by atoms with Crippen molar-refractivity contribution in [3.05, 3.63) is 29.6 Å². The maximum Gasteiger partial charge on any atom is 0.283 e. The zero-order valence-electron chi connectivity index (χ0n) is 14.1. The fourth-order valence-electron chi connectivity index (χ4n) is 2.45. The second-order valence-corrected chi connectivity index (χ2v) is 7.63. The average molecular weight is 399 g/mol. The number of halogens is 2. The van der Waals surface area contributed by atoms with E-state index in [1.807, 2.05) is 0 Å². The van der Waals surface area contributed by atoms with Crippen LogP contribution >= 0.6 is 0 Å². The number of nitrogens with zero attached hydrogens (tertiary/aromatic N) is 4. The Bertz CT molecular complexity index is 963. The molecule has 12 heteroatoms. The van der Waals surface area contributed by atoms with E-state index >= 15 is 0 Å². The Labute approximate surface area is 153 Å². The minimum atomic E-state index is -3.47. The number of pyridine rings is 1. The van der Waals surface area contributed by atoms with E-state index in [0.29, 0.717) is 13.2 Å². The number of anilines is 1. The van der Waals surface area contributed by atoms with E-state index in [-0.39, 0.29) is 28.6 Å². The van der Waals surface area contributed by atoms with Crippen LogP contribution in [-0.4, -0.2) is 55.5 Å². The molecule has 0 amide bonds. The second-order valence-electron chi connectivity index (χ2n) is 5.61. The van der Waals surface area contributed by atoms with Crippen LogP contribution in [0.25, 0.3) is 5.82 Å². The van der Waals surface area contributed by atoms with Gasteiger partial charge >= 0.3 is 0 Å². The molecule has 3 rings (SSSR count). The van der Waals surface area contributed by atoms with Gasteiger partial charge in [-0.25, -0.2) is 22.2 Å². The number of aromatic nitrogens is 3. The first-order valence-corrected chi connectivity index (χ1v) is 9.65. The lowest BCUT2D eigenvalue weighted by atomic mass is 10.2. The van der Waals surface area contributed by atoms with Gasteiger partial charge in [0.25, 0.3) is 6.43 Å². The zero-order valence-corrected chi connectivity index (χ0v) is 14.9. The lowest BCUT2D eigenvalue weighted by molar-refractivity contribution is -0.0300. The molecule has 0 spiro atoms. The summed E-state index contributed by atoms with van der Waals surface area (Å²) in [5.74, 6) is 0.0630. The average Bonchev–Trinajstić information content (AvgIpc) is 3.26. The fourth-order valence-corrected chi connectivity index (χ4v) is 3.01. The number of ether oxygens (including phenoxy) is 2. The van der Waals surface area contributed by atoms with E-state index in [4.69, 9.17) is 9.47 Å². The van der Waals surface area contributed by atoms with Gasteiger partial charge in [-0.3, -0.25) is 0 Å². The third kappa shape index (κ3) is 4.05. The van der Waals surface area contributed by atoms with E-state index in [0.717, 1.165) is 17.1 Å². The summed E-state index contributed by atoms with van der Waals surface area (Å²) < 4.78 is 61.2. The van der Waals surface area contributed by atoms with Crippen molar-refractivity contribution in [2.24, 2.45) is 0 Å². The molecule has 0 bridgehead atoms. The monoisotopic (exact) mass is 399 g/mol. The number of nitriles is 1. The maximum atomic E-state index is 13.3. The molecule has 2 aromatic rings. The summed E-state index contributed by atoms with van der Waals surface area (Å²) in [5.41, 5.74) is -1.04. The summed E-state index contributed by atoms with van der Waals surface area (Å²) in [5, 5.41) is 15.9. The van der Waals surface area contributed by atoms with E-state index in [1.165, 1.54) is 12.1 Å². The minimum Gasteiger partial charge on any atom is -0.364 e. The van der Waals surface area contributed by atoms with Crippen molar-refractivity contribution in [3.63, 3.8) is 0 Å². The largest absolute Gasteiger partial charge is 0.364 e. The van der Waals surface area contributed by atoms with Crippen molar-refractivity contribution >= 4 is 15.7 Å². The van der Waals surface area contributed by atoms with Crippen molar-refractivity contribution in [1.29, 1.82) is 5.26 Å². The molecule has 2 aromatic heterocycles. The number of alkyl halides is 2. The zero-order chi connectivity index (χ0) is 19.6. The number of hydrogen-bond donors (Lipinski definition) is 1. The summed E-state index contributed by atoms with van der Waals surface area (Å²) in [7, 11) is -3.47. The molecule has 0 unspecified atom stereocenters. The van der Waals surface area contributed by atoms with Crippen molar-refractivity contribution in [2.75, 3.05) is 31.3 Å². The van der Waals surface area contributed by atoms with Crippen molar-refractivity contribution in [2.45, 2.75) is 17.6 Å². The quantitative estimate of drug-likeness (QED) is 0.771. The summed E-state index contributed by atoms with van der Waals surface area (Å²) in [6, 6.07) is 4.31. The minimum absolute atomic E-state index is 0.00787.